The Bertz CT molecular complexity index is 767. The molecule has 0 aliphatic carbocycles. The van der Waals surface area contributed by atoms with Crippen LogP contribution in [0.25, 0.3) is 0 Å². The molecule has 0 radical (unpaired) electrons. The molecule has 146 valence electrons. The lowest BCUT2D eigenvalue weighted by atomic mass is 10.1. The number of hydrogen-bond acceptors (Lipinski definition) is 7. The van der Waals surface area contributed by atoms with Crippen LogP contribution in [0.2, 0.25) is 0 Å². The van der Waals surface area contributed by atoms with Gasteiger partial charge < -0.3 is 25.6 Å². The maximum Gasteiger partial charge on any atom is 0.273 e. The Kier molecular flexibility index (Phi) is 6.65. The SMILES string of the molecule is Nc1nc(C(=O)N2CCCCc3ccccc3OC[C@@H](O)[C@@H](O)CC2)cs1. The van der Waals surface area contributed by atoms with Gasteiger partial charge in [0, 0.05) is 18.5 Å². The number of carbonyl (C=O) groups is 1. The normalized spacial score (nSPS) is 21.9. The van der Waals surface area contributed by atoms with Gasteiger partial charge in [-0.15, -0.1) is 11.3 Å². The van der Waals surface area contributed by atoms with Crippen LogP contribution in [0.5, 0.6) is 5.75 Å². The number of fused-ring (bicyclic) bond motifs is 1. The van der Waals surface area contributed by atoms with Crippen LogP contribution in [0, 0.1) is 0 Å². The smallest absolute Gasteiger partial charge is 0.273 e. The van der Waals surface area contributed by atoms with Crippen LogP contribution in [0.1, 0.15) is 35.3 Å². The molecule has 1 aromatic heterocycles. The number of para-hydroxylation sites is 1. The molecule has 0 spiro atoms. The summed E-state index contributed by atoms with van der Waals surface area (Å²) in [6.07, 6.45) is 0.796. The standard InChI is InChI=1S/C19H25N3O4S/c20-19-21-14(12-27-19)18(25)22-9-4-3-6-13-5-1-2-7-17(13)26-11-16(24)15(23)8-10-22/h1-2,5,7,12,15-16,23-24H,3-4,6,8-11H2,(H2,20,21)/t15-,16+/m0/s1. The topological polar surface area (TPSA) is 109 Å². The predicted molar refractivity (Wildman–Crippen MR) is 104 cm³/mol. The van der Waals surface area contributed by atoms with E-state index in [0.717, 1.165) is 30.6 Å². The highest BCUT2D eigenvalue weighted by Crippen LogP contribution is 2.22. The Morgan fingerprint density at radius 1 is 1.22 bits per heavy atom. The fraction of sp³-hybridized carbons (Fsp3) is 0.474. The van der Waals surface area contributed by atoms with Gasteiger partial charge in [0.25, 0.3) is 5.91 Å². The number of anilines is 1. The van der Waals surface area contributed by atoms with Crippen molar-refractivity contribution < 1.29 is 19.7 Å². The van der Waals surface area contributed by atoms with Gasteiger partial charge in [0.15, 0.2) is 5.13 Å². The number of hydrogen-bond donors (Lipinski definition) is 3. The van der Waals surface area contributed by atoms with Crippen molar-refractivity contribution in [2.75, 3.05) is 25.4 Å². The van der Waals surface area contributed by atoms with Crippen molar-refractivity contribution in [3.05, 3.63) is 40.9 Å². The van der Waals surface area contributed by atoms with Crippen molar-refractivity contribution in [1.29, 1.82) is 0 Å². The van der Waals surface area contributed by atoms with E-state index in [2.05, 4.69) is 4.98 Å². The molecule has 0 saturated carbocycles. The summed E-state index contributed by atoms with van der Waals surface area (Å²) in [5.74, 6) is 0.532. The Balaban J connectivity index is 1.74. The summed E-state index contributed by atoms with van der Waals surface area (Å²) in [6.45, 7) is 0.901. The summed E-state index contributed by atoms with van der Waals surface area (Å²) in [5, 5.41) is 22.5. The zero-order valence-corrected chi connectivity index (χ0v) is 15.9. The molecule has 2 heterocycles. The van der Waals surface area contributed by atoms with Crippen LogP contribution < -0.4 is 10.5 Å². The molecule has 3 rings (SSSR count). The first-order chi connectivity index (χ1) is 13.0. The van der Waals surface area contributed by atoms with E-state index in [-0.39, 0.29) is 18.9 Å². The Morgan fingerprint density at radius 2 is 2.04 bits per heavy atom. The number of ether oxygens (including phenoxy) is 1. The van der Waals surface area contributed by atoms with Crippen molar-refractivity contribution in [1.82, 2.24) is 9.88 Å². The monoisotopic (exact) mass is 391 g/mol. The number of benzene rings is 1. The highest BCUT2D eigenvalue weighted by Gasteiger charge is 2.23. The lowest BCUT2D eigenvalue weighted by Gasteiger charge is -2.24. The fourth-order valence-electron chi connectivity index (χ4n) is 3.10. The van der Waals surface area contributed by atoms with Crippen LogP contribution in [0.4, 0.5) is 5.13 Å². The number of thiazole rings is 1. The third-order valence-electron chi connectivity index (χ3n) is 4.67. The van der Waals surface area contributed by atoms with E-state index < -0.39 is 12.2 Å². The summed E-state index contributed by atoms with van der Waals surface area (Å²) >= 11 is 1.23. The zero-order chi connectivity index (χ0) is 19.2. The van der Waals surface area contributed by atoms with Gasteiger partial charge in [-0.05, 0) is 37.3 Å². The molecule has 0 unspecified atom stereocenters. The summed E-state index contributed by atoms with van der Waals surface area (Å²) in [4.78, 5) is 18.5. The lowest BCUT2D eigenvalue weighted by Crippen LogP contribution is -2.38. The molecule has 2 aromatic rings. The maximum atomic E-state index is 12.7. The number of aliphatic hydroxyl groups is 2. The van der Waals surface area contributed by atoms with Gasteiger partial charge >= 0.3 is 0 Å². The van der Waals surface area contributed by atoms with E-state index in [9.17, 15) is 15.0 Å². The summed E-state index contributed by atoms with van der Waals surface area (Å²) in [5.41, 5.74) is 7.02. The van der Waals surface area contributed by atoms with E-state index in [1.165, 1.54) is 11.3 Å². The number of amides is 1. The molecule has 2 atom stereocenters. The van der Waals surface area contributed by atoms with Gasteiger partial charge in [-0.1, -0.05) is 18.2 Å². The predicted octanol–water partition coefficient (Wildman–Crippen LogP) is 1.69. The van der Waals surface area contributed by atoms with Crippen molar-refractivity contribution in [3.8, 4) is 5.75 Å². The van der Waals surface area contributed by atoms with Gasteiger partial charge in [-0.25, -0.2) is 4.98 Å². The van der Waals surface area contributed by atoms with Gasteiger partial charge in [0.2, 0.25) is 0 Å². The largest absolute Gasteiger partial charge is 0.491 e. The number of nitrogens with two attached hydrogens (primary N) is 1. The molecule has 27 heavy (non-hydrogen) atoms. The van der Waals surface area contributed by atoms with E-state index in [1.54, 1.807) is 10.3 Å². The number of aryl methyl sites for hydroxylation is 1. The fourth-order valence-corrected chi connectivity index (χ4v) is 3.64. The maximum absolute atomic E-state index is 12.7. The number of carbonyl (C=O) groups excluding carboxylic acids is 1. The van der Waals surface area contributed by atoms with Crippen molar-refractivity contribution >= 4 is 22.4 Å². The van der Waals surface area contributed by atoms with Gasteiger partial charge in [0.05, 0.1) is 6.10 Å². The number of aromatic nitrogens is 1. The van der Waals surface area contributed by atoms with E-state index >= 15 is 0 Å². The molecule has 0 fully saturated rings. The molecule has 1 aliphatic heterocycles. The van der Waals surface area contributed by atoms with Crippen molar-refractivity contribution in [2.24, 2.45) is 0 Å². The van der Waals surface area contributed by atoms with E-state index in [0.29, 0.717) is 23.9 Å². The number of nitrogen functional groups attached to an aromatic ring is 1. The first-order valence-electron chi connectivity index (χ1n) is 9.11. The van der Waals surface area contributed by atoms with Crippen LogP contribution in [0.3, 0.4) is 0 Å². The van der Waals surface area contributed by atoms with E-state index in [1.807, 2.05) is 24.3 Å². The first-order valence-corrected chi connectivity index (χ1v) is 9.99. The van der Waals surface area contributed by atoms with Crippen LogP contribution >= 0.6 is 11.3 Å². The van der Waals surface area contributed by atoms with Crippen LogP contribution in [-0.2, 0) is 6.42 Å². The third-order valence-corrected chi connectivity index (χ3v) is 5.35. The second kappa shape index (κ2) is 9.16. The molecule has 0 bridgehead atoms. The second-order valence-corrected chi connectivity index (χ2v) is 7.55. The molecule has 1 aromatic carbocycles. The first kappa shape index (κ1) is 19.6. The van der Waals surface area contributed by atoms with Crippen LogP contribution in [0.15, 0.2) is 29.6 Å². The molecule has 1 amide bonds. The quantitative estimate of drug-likeness (QED) is 0.683. The number of nitrogens with zero attached hydrogens (tertiary/aromatic N) is 2. The summed E-state index contributed by atoms with van der Waals surface area (Å²) in [6, 6.07) is 7.71. The van der Waals surface area contributed by atoms with Crippen LogP contribution in [-0.4, -0.2) is 57.9 Å². The average Bonchev–Trinajstić information content (AvgIpc) is 3.11. The Hall–Kier alpha value is -2.16. The molecule has 1 aliphatic rings. The van der Waals surface area contributed by atoms with Gasteiger partial charge in [-0.2, -0.15) is 0 Å². The lowest BCUT2D eigenvalue weighted by molar-refractivity contribution is -0.0150. The molecular weight excluding hydrogens is 366 g/mol. The Morgan fingerprint density at radius 3 is 2.81 bits per heavy atom. The van der Waals surface area contributed by atoms with Crippen molar-refractivity contribution in [3.63, 3.8) is 0 Å². The molecule has 8 heteroatoms. The van der Waals surface area contributed by atoms with Gasteiger partial charge in [-0.3, -0.25) is 4.79 Å². The number of aliphatic hydroxyl groups excluding tert-OH is 2. The second-order valence-electron chi connectivity index (χ2n) is 6.66. The Labute approximate surface area is 162 Å². The van der Waals surface area contributed by atoms with E-state index in [4.69, 9.17) is 10.5 Å². The molecule has 4 N–H and O–H groups in total. The minimum absolute atomic E-state index is 0.00868. The third kappa shape index (κ3) is 5.18. The highest BCUT2D eigenvalue weighted by atomic mass is 32.1. The summed E-state index contributed by atoms with van der Waals surface area (Å²) < 4.78 is 5.72. The molecule has 7 nitrogen and oxygen atoms in total. The minimum atomic E-state index is -1.02. The zero-order valence-electron chi connectivity index (χ0n) is 15.1. The minimum Gasteiger partial charge on any atom is -0.491 e. The summed E-state index contributed by atoms with van der Waals surface area (Å²) in [7, 11) is 0. The highest BCUT2D eigenvalue weighted by molar-refractivity contribution is 7.13. The van der Waals surface area contributed by atoms with Crippen molar-refractivity contribution in [2.45, 2.75) is 37.9 Å². The number of rotatable bonds is 1. The van der Waals surface area contributed by atoms with Gasteiger partial charge in [0.1, 0.15) is 24.2 Å². The molecular formula is C19H25N3O4S. The molecule has 0 saturated heterocycles. The average molecular weight is 391 g/mol.